The zero-order chi connectivity index (χ0) is 25.4. The van der Waals surface area contributed by atoms with E-state index in [9.17, 15) is 4.79 Å². The van der Waals surface area contributed by atoms with E-state index in [1.165, 1.54) is 5.56 Å². The Hall–Kier alpha value is -3.46. The standard InChI is InChI=1S/C27H30N4O4S/c1-27(2)13-18-21(19(32)14-27)22(17-11-12-20(33-3)24(35-5)23(17)34-4)31-25(28-18)29-26(30-31)36-15-16-9-7-6-8-10-16/h6-12,22H,13-15H2,1-5H3,(H,28,29,30). The zero-order valence-corrected chi connectivity index (χ0v) is 21.9. The summed E-state index contributed by atoms with van der Waals surface area (Å²) in [6, 6.07) is 13.4. The van der Waals surface area contributed by atoms with Crippen LogP contribution in [0.1, 0.15) is 43.9 Å². The topological polar surface area (TPSA) is 87.5 Å². The number of anilines is 1. The number of carbonyl (C=O) groups is 1. The monoisotopic (exact) mass is 506 g/mol. The molecule has 1 N–H and O–H groups in total. The first kappa shape index (κ1) is 24.2. The van der Waals surface area contributed by atoms with Crippen molar-refractivity contribution in [3.8, 4) is 17.2 Å². The number of ether oxygens (including phenoxy) is 3. The van der Waals surface area contributed by atoms with E-state index in [-0.39, 0.29) is 11.2 Å². The van der Waals surface area contributed by atoms with Crippen LogP contribution in [0.2, 0.25) is 0 Å². The lowest BCUT2D eigenvalue weighted by atomic mass is 9.73. The highest BCUT2D eigenvalue weighted by atomic mass is 32.2. The minimum Gasteiger partial charge on any atom is -0.493 e. The molecule has 0 fully saturated rings. The summed E-state index contributed by atoms with van der Waals surface area (Å²) in [5, 5.41) is 8.92. The van der Waals surface area contributed by atoms with Gasteiger partial charge in [-0.1, -0.05) is 55.9 Å². The molecule has 36 heavy (non-hydrogen) atoms. The number of hydrogen-bond donors (Lipinski definition) is 1. The Morgan fingerprint density at radius 3 is 2.47 bits per heavy atom. The largest absolute Gasteiger partial charge is 0.493 e. The minimum absolute atomic E-state index is 0.0928. The number of thioether (sulfide) groups is 1. The Labute approximate surface area is 215 Å². The predicted molar refractivity (Wildman–Crippen MR) is 139 cm³/mol. The van der Waals surface area contributed by atoms with E-state index in [0.717, 1.165) is 23.4 Å². The average molecular weight is 507 g/mol. The van der Waals surface area contributed by atoms with Crippen LogP contribution in [-0.4, -0.2) is 41.9 Å². The smallest absolute Gasteiger partial charge is 0.227 e. The predicted octanol–water partition coefficient (Wildman–Crippen LogP) is 5.25. The van der Waals surface area contributed by atoms with Gasteiger partial charge in [0.25, 0.3) is 0 Å². The fraction of sp³-hybridized carbons (Fsp3) is 0.370. The van der Waals surface area contributed by atoms with Gasteiger partial charge in [0, 0.05) is 29.0 Å². The van der Waals surface area contributed by atoms with E-state index in [0.29, 0.717) is 40.3 Å². The van der Waals surface area contributed by atoms with Crippen molar-refractivity contribution < 1.29 is 19.0 Å². The average Bonchev–Trinajstić information content (AvgIpc) is 3.27. The normalized spacial score (nSPS) is 18.2. The third-order valence-electron chi connectivity index (χ3n) is 6.55. The van der Waals surface area contributed by atoms with Crippen molar-refractivity contribution in [1.82, 2.24) is 14.8 Å². The van der Waals surface area contributed by atoms with Crippen molar-refractivity contribution in [2.24, 2.45) is 5.41 Å². The maximum Gasteiger partial charge on any atom is 0.227 e. The summed E-state index contributed by atoms with van der Waals surface area (Å²) in [4.78, 5) is 18.4. The molecule has 188 valence electrons. The second-order valence-corrected chi connectivity index (χ2v) is 10.7. The number of aromatic nitrogens is 3. The fourth-order valence-electron chi connectivity index (χ4n) is 5.00. The van der Waals surface area contributed by atoms with Crippen molar-refractivity contribution in [3.63, 3.8) is 0 Å². The molecule has 1 aliphatic carbocycles. The summed E-state index contributed by atoms with van der Waals surface area (Å²) in [6.45, 7) is 4.23. The Morgan fingerprint density at radius 1 is 1.03 bits per heavy atom. The highest BCUT2D eigenvalue weighted by molar-refractivity contribution is 7.98. The highest BCUT2D eigenvalue weighted by Crippen LogP contribution is 2.50. The molecule has 2 aliphatic rings. The Balaban J connectivity index is 1.63. The van der Waals surface area contributed by atoms with E-state index in [1.807, 2.05) is 30.3 Å². The Morgan fingerprint density at radius 2 is 1.78 bits per heavy atom. The van der Waals surface area contributed by atoms with Gasteiger partial charge < -0.3 is 19.5 Å². The van der Waals surface area contributed by atoms with Gasteiger partial charge in [0.2, 0.25) is 16.9 Å². The van der Waals surface area contributed by atoms with Crippen LogP contribution in [-0.2, 0) is 10.5 Å². The number of ketones is 1. The summed E-state index contributed by atoms with van der Waals surface area (Å²) < 4.78 is 18.8. The first-order chi connectivity index (χ1) is 17.3. The quantitative estimate of drug-likeness (QED) is 0.435. The molecular weight excluding hydrogens is 476 g/mol. The highest BCUT2D eigenvalue weighted by Gasteiger charge is 2.43. The van der Waals surface area contributed by atoms with Gasteiger partial charge in [0.05, 0.1) is 21.3 Å². The zero-order valence-electron chi connectivity index (χ0n) is 21.1. The molecule has 1 atom stereocenters. The molecule has 3 aromatic rings. The van der Waals surface area contributed by atoms with Crippen molar-refractivity contribution in [1.29, 1.82) is 0 Å². The van der Waals surface area contributed by atoms with Crippen LogP contribution < -0.4 is 19.5 Å². The van der Waals surface area contributed by atoms with Gasteiger partial charge in [-0.25, -0.2) is 4.68 Å². The molecule has 1 aliphatic heterocycles. The van der Waals surface area contributed by atoms with Crippen molar-refractivity contribution in [2.45, 2.75) is 43.6 Å². The third kappa shape index (κ3) is 4.32. The molecule has 0 saturated heterocycles. The SMILES string of the molecule is COc1ccc(C2C3=C(CC(C)(C)CC3=O)Nc3nc(SCc4ccccc4)nn32)c(OC)c1OC. The molecule has 8 nitrogen and oxygen atoms in total. The third-order valence-corrected chi connectivity index (χ3v) is 7.46. The molecule has 1 unspecified atom stereocenters. The van der Waals surface area contributed by atoms with Gasteiger partial charge in [-0.2, -0.15) is 4.98 Å². The summed E-state index contributed by atoms with van der Waals surface area (Å²) in [6.07, 6.45) is 1.19. The van der Waals surface area contributed by atoms with Crippen LogP contribution in [0.5, 0.6) is 17.2 Å². The number of fused-ring (bicyclic) bond motifs is 1. The summed E-state index contributed by atoms with van der Waals surface area (Å²) in [5.41, 5.74) is 3.38. The van der Waals surface area contributed by atoms with Crippen molar-refractivity contribution in [2.75, 3.05) is 26.6 Å². The Bertz CT molecular complexity index is 1330. The van der Waals surface area contributed by atoms with E-state index in [4.69, 9.17) is 24.3 Å². The number of Topliss-reactive ketones (excluding diaryl/α,β-unsaturated/α-hetero) is 1. The van der Waals surface area contributed by atoms with Crippen LogP contribution in [0.15, 0.2) is 58.9 Å². The van der Waals surface area contributed by atoms with Gasteiger partial charge in [-0.15, -0.1) is 5.10 Å². The van der Waals surface area contributed by atoms with Crippen LogP contribution in [0.3, 0.4) is 0 Å². The molecule has 0 saturated carbocycles. The van der Waals surface area contributed by atoms with Crippen LogP contribution in [0.25, 0.3) is 0 Å². The number of methoxy groups -OCH3 is 3. The van der Waals surface area contributed by atoms with Crippen LogP contribution in [0.4, 0.5) is 5.95 Å². The van der Waals surface area contributed by atoms with E-state index < -0.39 is 6.04 Å². The van der Waals surface area contributed by atoms with Gasteiger partial charge in [0.15, 0.2) is 17.3 Å². The number of carbonyl (C=O) groups excluding carboxylic acids is 1. The lowest BCUT2D eigenvalue weighted by Crippen LogP contribution is -2.36. The first-order valence-electron chi connectivity index (χ1n) is 11.8. The van der Waals surface area contributed by atoms with Crippen molar-refractivity contribution in [3.05, 3.63) is 64.9 Å². The lowest BCUT2D eigenvalue weighted by molar-refractivity contribution is -0.118. The van der Waals surface area contributed by atoms with Gasteiger partial charge in [0.1, 0.15) is 6.04 Å². The van der Waals surface area contributed by atoms with Crippen LogP contribution >= 0.6 is 11.8 Å². The number of nitrogens with one attached hydrogen (secondary N) is 1. The van der Waals surface area contributed by atoms with Gasteiger partial charge in [-0.3, -0.25) is 4.79 Å². The number of nitrogens with zero attached hydrogens (tertiary/aromatic N) is 3. The van der Waals surface area contributed by atoms with Crippen molar-refractivity contribution >= 4 is 23.5 Å². The molecule has 5 rings (SSSR count). The van der Waals surface area contributed by atoms with E-state index in [2.05, 4.69) is 31.3 Å². The number of benzene rings is 2. The minimum atomic E-state index is -0.506. The van der Waals surface area contributed by atoms with E-state index in [1.54, 1.807) is 37.8 Å². The maximum absolute atomic E-state index is 13.6. The molecule has 1 aromatic heterocycles. The molecular formula is C27H30N4O4S. The summed E-state index contributed by atoms with van der Waals surface area (Å²) in [7, 11) is 4.75. The van der Waals surface area contributed by atoms with Gasteiger partial charge in [-0.05, 0) is 29.5 Å². The molecule has 0 amide bonds. The molecule has 0 spiro atoms. The molecule has 0 bridgehead atoms. The first-order valence-corrected chi connectivity index (χ1v) is 12.8. The molecule has 9 heteroatoms. The molecule has 2 aromatic carbocycles. The summed E-state index contributed by atoms with van der Waals surface area (Å²) >= 11 is 1.56. The van der Waals surface area contributed by atoms with Gasteiger partial charge >= 0.3 is 0 Å². The maximum atomic E-state index is 13.6. The Kier molecular flexibility index (Phi) is 6.42. The molecule has 2 heterocycles. The second-order valence-electron chi connectivity index (χ2n) is 9.72. The lowest BCUT2D eigenvalue weighted by Gasteiger charge is -2.38. The molecule has 0 radical (unpaired) electrons. The van der Waals surface area contributed by atoms with Crippen LogP contribution in [0, 0.1) is 5.41 Å². The number of hydrogen-bond acceptors (Lipinski definition) is 8. The second kappa shape index (κ2) is 9.54. The summed E-state index contributed by atoms with van der Waals surface area (Å²) in [5.74, 6) is 2.98. The number of rotatable bonds is 7. The fourth-order valence-corrected chi connectivity index (χ4v) is 5.78. The number of allylic oxidation sites excluding steroid dienone is 2. The van der Waals surface area contributed by atoms with E-state index >= 15 is 0 Å².